The van der Waals surface area contributed by atoms with Crippen LogP contribution in [0.25, 0.3) is 0 Å². The van der Waals surface area contributed by atoms with E-state index in [2.05, 4.69) is 0 Å². The van der Waals surface area contributed by atoms with Crippen LogP contribution < -0.4 is 0 Å². The van der Waals surface area contributed by atoms with E-state index in [0.717, 1.165) is 38.5 Å². The molecular weight excluding hydrogens is 270 g/mol. The molecule has 1 saturated heterocycles. The van der Waals surface area contributed by atoms with E-state index in [0.29, 0.717) is 13.1 Å². The molecule has 1 N–H and O–H groups in total. The number of carboxylic acid groups (broad SMARTS) is 1. The molecule has 1 amide bonds. The molecule has 0 spiro atoms. The number of rotatable bonds is 2. The normalized spacial score (nSPS) is 25.7. The summed E-state index contributed by atoms with van der Waals surface area (Å²) in [5.74, 6) is -0.630. The lowest BCUT2D eigenvalue weighted by atomic mass is 9.70. The molecule has 0 unspecified atom stereocenters. The molecule has 2 aliphatic rings. The van der Waals surface area contributed by atoms with Crippen molar-refractivity contribution in [3.05, 3.63) is 0 Å². The number of ether oxygens (including phenoxy) is 1. The van der Waals surface area contributed by atoms with E-state index in [9.17, 15) is 14.7 Å². The van der Waals surface area contributed by atoms with E-state index >= 15 is 0 Å². The van der Waals surface area contributed by atoms with Crippen molar-refractivity contribution in [1.82, 2.24) is 4.90 Å². The molecule has 0 radical (unpaired) electrons. The minimum absolute atomic E-state index is 0.0544. The summed E-state index contributed by atoms with van der Waals surface area (Å²) in [5.41, 5.74) is -1.14. The summed E-state index contributed by atoms with van der Waals surface area (Å²) in [6.07, 6.45) is 4.89. The molecule has 0 bridgehead atoms. The van der Waals surface area contributed by atoms with E-state index in [-0.39, 0.29) is 12.0 Å². The van der Waals surface area contributed by atoms with Crippen LogP contribution in [0.5, 0.6) is 0 Å². The largest absolute Gasteiger partial charge is 0.481 e. The first-order chi connectivity index (χ1) is 9.74. The second-order valence-electron chi connectivity index (χ2n) is 7.43. The maximum Gasteiger partial charge on any atom is 0.410 e. The van der Waals surface area contributed by atoms with Gasteiger partial charge in [0.1, 0.15) is 5.60 Å². The number of aliphatic carboxylic acids is 1. The molecule has 1 atom stereocenters. The topological polar surface area (TPSA) is 66.8 Å². The van der Waals surface area contributed by atoms with Crippen molar-refractivity contribution in [3.8, 4) is 0 Å². The van der Waals surface area contributed by atoms with Gasteiger partial charge in [0.2, 0.25) is 0 Å². The van der Waals surface area contributed by atoms with Crippen molar-refractivity contribution in [2.45, 2.75) is 64.9 Å². The summed E-state index contributed by atoms with van der Waals surface area (Å²) in [5, 5.41) is 9.69. The summed E-state index contributed by atoms with van der Waals surface area (Å²) >= 11 is 0. The Morgan fingerprint density at radius 1 is 1.19 bits per heavy atom. The van der Waals surface area contributed by atoms with Gasteiger partial charge in [0.25, 0.3) is 0 Å². The third-order valence-corrected chi connectivity index (χ3v) is 4.78. The zero-order valence-corrected chi connectivity index (χ0v) is 13.4. The summed E-state index contributed by atoms with van der Waals surface area (Å²) in [4.78, 5) is 25.7. The molecule has 21 heavy (non-hydrogen) atoms. The highest BCUT2D eigenvalue weighted by Gasteiger charge is 2.49. The predicted octanol–water partition coefficient (Wildman–Crippen LogP) is 3.28. The van der Waals surface area contributed by atoms with Crippen LogP contribution in [0.4, 0.5) is 4.79 Å². The van der Waals surface area contributed by atoms with Gasteiger partial charge in [-0.1, -0.05) is 12.8 Å². The number of carbonyl (C=O) groups is 2. The Labute approximate surface area is 126 Å². The van der Waals surface area contributed by atoms with Gasteiger partial charge < -0.3 is 14.7 Å². The fourth-order valence-corrected chi connectivity index (χ4v) is 3.72. The zero-order valence-electron chi connectivity index (χ0n) is 13.4. The Bertz CT molecular complexity index is 407. The molecule has 2 rings (SSSR count). The monoisotopic (exact) mass is 297 g/mol. The highest BCUT2D eigenvalue weighted by molar-refractivity contribution is 5.76. The molecule has 0 aromatic rings. The van der Waals surface area contributed by atoms with Crippen LogP contribution in [-0.2, 0) is 9.53 Å². The average molecular weight is 297 g/mol. The molecular formula is C16H27NO4. The van der Waals surface area contributed by atoms with Gasteiger partial charge in [-0.25, -0.2) is 4.79 Å². The number of nitrogens with zero attached hydrogens (tertiary/aromatic N) is 1. The highest BCUT2D eigenvalue weighted by Crippen LogP contribution is 2.47. The standard InChI is InChI=1S/C16H27NO4/c1-15(2,3)21-14(20)17-10-6-7-12(11-17)16(13(18)19)8-4-5-9-16/h12H,4-11H2,1-3H3,(H,18,19)/t12-/m0/s1. The van der Waals surface area contributed by atoms with Crippen LogP contribution in [0.3, 0.4) is 0 Å². The van der Waals surface area contributed by atoms with Gasteiger partial charge in [0, 0.05) is 13.1 Å². The smallest absolute Gasteiger partial charge is 0.410 e. The second kappa shape index (κ2) is 5.85. The number of likely N-dealkylation sites (tertiary alicyclic amines) is 1. The van der Waals surface area contributed by atoms with Crippen molar-refractivity contribution in [3.63, 3.8) is 0 Å². The van der Waals surface area contributed by atoms with Gasteiger partial charge in [0.15, 0.2) is 0 Å². The minimum Gasteiger partial charge on any atom is -0.481 e. The Balaban J connectivity index is 2.06. The number of piperidine rings is 1. The number of amides is 1. The maximum atomic E-state index is 12.2. The summed E-state index contributed by atoms with van der Waals surface area (Å²) in [6, 6.07) is 0. The molecule has 1 saturated carbocycles. The van der Waals surface area contributed by atoms with Gasteiger partial charge in [-0.15, -0.1) is 0 Å². The van der Waals surface area contributed by atoms with Crippen LogP contribution >= 0.6 is 0 Å². The van der Waals surface area contributed by atoms with Crippen LogP contribution in [-0.4, -0.2) is 40.8 Å². The Hall–Kier alpha value is -1.26. The number of hydrogen-bond donors (Lipinski definition) is 1. The Morgan fingerprint density at radius 2 is 1.81 bits per heavy atom. The Morgan fingerprint density at radius 3 is 2.33 bits per heavy atom. The summed E-state index contributed by atoms with van der Waals surface area (Å²) in [7, 11) is 0. The fraction of sp³-hybridized carbons (Fsp3) is 0.875. The van der Waals surface area contributed by atoms with Gasteiger partial charge in [0.05, 0.1) is 5.41 Å². The number of carboxylic acids is 1. The molecule has 120 valence electrons. The van der Waals surface area contributed by atoms with Crippen LogP contribution in [0.15, 0.2) is 0 Å². The van der Waals surface area contributed by atoms with Crippen molar-refractivity contribution in [2.24, 2.45) is 11.3 Å². The van der Waals surface area contributed by atoms with Crippen molar-refractivity contribution in [1.29, 1.82) is 0 Å². The highest BCUT2D eigenvalue weighted by atomic mass is 16.6. The lowest BCUT2D eigenvalue weighted by molar-refractivity contribution is -0.153. The maximum absolute atomic E-state index is 12.2. The van der Waals surface area contributed by atoms with Gasteiger partial charge in [-0.05, 0) is 52.4 Å². The minimum atomic E-state index is -0.684. The third kappa shape index (κ3) is 3.50. The van der Waals surface area contributed by atoms with Gasteiger partial charge >= 0.3 is 12.1 Å². The molecule has 1 aliphatic heterocycles. The lowest BCUT2D eigenvalue weighted by Crippen LogP contribution is -2.49. The molecule has 0 aromatic heterocycles. The summed E-state index contributed by atoms with van der Waals surface area (Å²) in [6.45, 7) is 6.73. The van der Waals surface area contributed by atoms with Gasteiger partial charge in [-0.2, -0.15) is 0 Å². The SMILES string of the molecule is CC(C)(C)OC(=O)N1CCC[C@H](C2(C(=O)O)CCCC2)C1. The van der Waals surface area contributed by atoms with Crippen LogP contribution in [0.2, 0.25) is 0 Å². The van der Waals surface area contributed by atoms with E-state index < -0.39 is 17.0 Å². The Kier molecular flexibility index (Phi) is 4.49. The first kappa shape index (κ1) is 16.1. The lowest BCUT2D eigenvalue weighted by Gasteiger charge is -2.41. The van der Waals surface area contributed by atoms with Crippen LogP contribution in [0, 0.1) is 11.3 Å². The molecule has 0 aromatic carbocycles. The molecule has 5 heteroatoms. The van der Waals surface area contributed by atoms with Crippen molar-refractivity contribution in [2.75, 3.05) is 13.1 Å². The van der Waals surface area contributed by atoms with Crippen molar-refractivity contribution >= 4 is 12.1 Å². The zero-order chi connectivity index (χ0) is 15.7. The molecule has 2 fully saturated rings. The molecule has 5 nitrogen and oxygen atoms in total. The van der Waals surface area contributed by atoms with E-state index in [1.807, 2.05) is 20.8 Å². The third-order valence-electron chi connectivity index (χ3n) is 4.78. The summed E-state index contributed by atoms with van der Waals surface area (Å²) < 4.78 is 5.42. The second-order valence-corrected chi connectivity index (χ2v) is 7.43. The van der Waals surface area contributed by atoms with E-state index in [1.165, 1.54) is 0 Å². The average Bonchev–Trinajstić information content (AvgIpc) is 2.87. The van der Waals surface area contributed by atoms with Gasteiger partial charge in [-0.3, -0.25) is 4.79 Å². The van der Waals surface area contributed by atoms with Crippen LogP contribution in [0.1, 0.15) is 59.3 Å². The fourth-order valence-electron chi connectivity index (χ4n) is 3.72. The van der Waals surface area contributed by atoms with E-state index in [4.69, 9.17) is 4.74 Å². The first-order valence-corrected chi connectivity index (χ1v) is 7.96. The first-order valence-electron chi connectivity index (χ1n) is 7.96. The quantitative estimate of drug-likeness (QED) is 0.849. The molecule has 1 aliphatic carbocycles. The number of carbonyl (C=O) groups excluding carboxylic acids is 1. The molecule has 1 heterocycles. The predicted molar refractivity (Wildman–Crippen MR) is 79.1 cm³/mol. The van der Waals surface area contributed by atoms with E-state index in [1.54, 1.807) is 4.90 Å². The number of hydrogen-bond acceptors (Lipinski definition) is 3. The van der Waals surface area contributed by atoms with Crippen molar-refractivity contribution < 1.29 is 19.4 Å².